The normalized spacial score (nSPS) is 15.3. The Balaban J connectivity index is 1.56. The van der Waals surface area contributed by atoms with Gasteiger partial charge in [-0.15, -0.1) is 0 Å². The third-order valence-electron chi connectivity index (χ3n) is 5.33. The standard InChI is InChI=1S/C23H25ClN4O/c1-16(15-17-5-3-2-4-6-17)23(29)27-22-18-7-10-21(28-13-11-25-12-14-28)26-20(18)9-8-19(22)24/h2-10,16,25H,11-15H2,1H3,(H,27,29)/t16-/m1/s1. The van der Waals surface area contributed by atoms with E-state index in [1.807, 2.05) is 55.5 Å². The van der Waals surface area contributed by atoms with Gasteiger partial charge in [0.05, 0.1) is 16.2 Å². The van der Waals surface area contributed by atoms with Crippen LogP contribution in [0, 0.1) is 5.92 Å². The summed E-state index contributed by atoms with van der Waals surface area (Å²) in [5.74, 6) is 0.738. The lowest BCUT2D eigenvalue weighted by atomic mass is 10.00. The molecule has 1 aliphatic heterocycles. The Labute approximate surface area is 176 Å². The second-order valence-corrected chi connectivity index (χ2v) is 7.88. The quantitative estimate of drug-likeness (QED) is 0.666. The molecular formula is C23H25ClN4O. The number of pyridine rings is 1. The number of nitrogens with zero attached hydrogens (tertiary/aromatic N) is 2. The van der Waals surface area contributed by atoms with E-state index < -0.39 is 0 Å². The highest BCUT2D eigenvalue weighted by molar-refractivity contribution is 6.35. The molecule has 3 aromatic rings. The summed E-state index contributed by atoms with van der Waals surface area (Å²) in [5, 5.41) is 7.77. The highest BCUT2D eigenvalue weighted by Crippen LogP contribution is 2.32. The minimum absolute atomic E-state index is 0.0468. The highest BCUT2D eigenvalue weighted by Gasteiger charge is 2.18. The van der Waals surface area contributed by atoms with E-state index in [1.54, 1.807) is 6.07 Å². The summed E-state index contributed by atoms with van der Waals surface area (Å²) in [7, 11) is 0. The first-order valence-corrected chi connectivity index (χ1v) is 10.4. The van der Waals surface area contributed by atoms with Gasteiger partial charge in [0.2, 0.25) is 5.91 Å². The summed E-state index contributed by atoms with van der Waals surface area (Å²) in [6.07, 6.45) is 0.681. The predicted octanol–water partition coefficient (Wildman–Crippen LogP) is 4.12. The van der Waals surface area contributed by atoms with Gasteiger partial charge in [0.1, 0.15) is 5.82 Å². The van der Waals surface area contributed by atoms with Crippen LogP contribution in [0.3, 0.4) is 0 Å². The third-order valence-corrected chi connectivity index (χ3v) is 5.64. The molecule has 2 aromatic carbocycles. The van der Waals surface area contributed by atoms with Crippen LogP contribution in [0.5, 0.6) is 0 Å². The van der Waals surface area contributed by atoms with Crippen LogP contribution in [0.4, 0.5) is 11.5 Å². The molecule has 5 nitrogen and oxygen atoms in total. The number of anilines is 2. The van der Waals surface area contributed by atoms with Crippen LogP contribution in [-0.4, -0.2) is 37.1 Å². The number of hydrogen-bond donors (Lipinski definition) is 2. The molecular weight excluding hydrogens is 384 g/mol. The summed E-state index contributed by atoms with van der Waals surface area (Å²) in [4.78, 5) is 19.9. The van der Waals surface area contributed by atoms with Crippen molar-refractivity contribution in [3.05, 3.63) is 65.2 Å². The van der Waals surface area contributed by atoms with Gasteiger partial charge in [-0.2, -0.15) is 0 Å². The fourth-order valence-corrected chi connectivity index (χ4v) is 3.88. The van der Waals surface area contributed by atoms with Gasteiger partial charge >= 0.3 is 0 Å². The maximum atomic E-state index is 12.8. The first-order chi connectivity index (χ1) is 14.1. The highest BCUT2D eigenvalue weighted by atomic mass is 35.5. The fourth-order valence-electron chi connectivity index (χ4n) is 3.67. The number of halogens is 1. The van der Waals surface area contributed by atoms with E-state index in [4.69, 9.17) is 16.6 Å². The number of aromatic nitrogens is 1. The van der Waals surface area contributed by atoms with Gasteiger partial charge in [0.15, 0.2) is 0 Å². The first-order valence-electron chi connectivity index (χ1n) is 10.0. The molecule has 2 N–H and O–H groups in total. The van der Waals surface area contributed by atoms with Gasteiger partial charge in [-0.1, -0.05) is 48.9 Å². The maximum absolute atomic E-state index is 12.8. The molecule has 1 fully saturated rings. The summed E-state index contributed by atoms with van der Waals surface area (Å²) < 4.78 is 0. The van der Waals surface area contributed by atoms with Crippen molar-refractivity contribution in [2.75, 3.05) is 36.4 Å². The van der Waals surface area contributed by atoms with Crippen molar-refractivity contribution in [2.24, 2.45) is 5.92 Å². The van der Waals surface area contributed by atoms with Gasteiger partial charge in [-0.05, 0) is 36.2 Å². The van der Waals surface area contributed by atoms with E-state index >= 15 is 0 Å². The number of amides is 1. The Morgan fingerprint density at radius 1 is 1.14 bits per heavy atom. The van der Waals surface area contributed by atoms with Crippen LogP contribution in [0.1, 0.15) is 12.5 Å². The number of piperazine rings is 1. The van der Waals surface area contributed by atoms with Crippen molar-refractivity contribution in [3.8, 4) is 0 Å². The SMILES string of the molecule is C[C@H](Cc1ccccc1)C(=O)Nc1c(Cl)ccc2nc(N3CCNCC3)ccc12. The van der Waals surface area contributed by atoms with E-state index in [0.717, 1.165) is 48.5 Å². The summed E-state index contributed by atoms with van der Waals surface area (Å²) in [6.45, 7) is 5.73. The molecule has 0 bridgehead atoms. The Bertz CT molecular complexity index is 1000. The van der Waals surface area contributed by atoms with E-state index in [9.17, 15) is 4.79 Å². The molecule has 1 atom stereocenters. The van der Waals surface area contributed by atoms with Crippen molar-refractivity contribution in [2.45, 2.75) is 13.3 Å². The molecule has 29 heavy (non-hydrogen) atoms. The van der Waals surface area contributed by atoms with Crippen LogP contribution in [0.2, 0.25) is 5.02 Å². The average molecular weight is 409 g/mol. The minimum Gasteiger partial charge on any atom is -0.354 e. The lowest BCUT2D eigenvalue weighted by Crippen LogP contribution is -2.43. The zero-order valence-corrected chi connectivity index (χ0v) is 17.2. The van der Waals surface area contributed by atoms with Gasteiger partial charge in [0, 0.05) is 37.5 Å². The monoisotopic (exact) mass is 408 g/mol. The third kappa shape index (κ3) is 4.52. The van der Waals surface area contributed by atoms with Gasteiger partial charge < -0.3 is 15.5 Å². The van der Waals surface area contributed by atoms with Crippen LogP contribution in [0.15, 0.2) is 54.6 Å². The van der Waals surface area contributed by atoms with E-state index in [2.05, 4.69) is 15.5 Å². The minimum atomic E-state index is -0.170. The van der Waals surface area contributed by atoms with Crippen molar-refractivity contribution < 1.29 is 4.79 Å². The number of fused-ring (bicyclic) bond motifs is 1. The molecule has 1 aliphatic rings. The molecule has 0 unspecified atom stereocenters. The van der Waals surface area contributed by atoms with Crippen LogP contribution in [-0.2, 0) is 11.2 Å². The lowest BCUT2D eigenvalue weighted by Gasteiger charge is -2.28. The summed E-state index contributed by atoms with van der Waals surface area (Å²) >= 11 is 6.44. The topological polar surface area (TPSA) is 57.3 Å². The number of carbonyl (C=O) groups excluding carboxylic acids is 1. The van der Waals surface area contributed by atoms with Crippen molar-refractivity contribution >= 4 is 39.9 Å². The van der Waals surface area contributed by atoms with Gasteiger partial charge in [-0.3, -0.25) is 4.79 Å². The lowest BCUT2D eigenvalue weighted by molar-refractivity contribution is -0.119. The maximum Gasteiger partial charge on any atom is 0.227 e. The Morgan fingerprint density at radius 3 is 2.66 bits per heavy atom. The van der Waals surface area contributed by atoms with Crippen molar-refractivity contribution in [3.63, 3.8) is 0 Å². The molecule has 0 radical (unpaired) electrons. The number of carbonyl (C=O) groups is 1. The number of hydrogen-bond acceptors (Lipinski definition) is 4. The van der Waals surface area contributed by atoms with Crippen LogP contribution >= 0.6 is 11.6 Å². The second-order valence-electron chi connectivity index (χ2n) is 7.48. The molecule has 150 valence electrons. The van der Waals surface area contributed by atoms with E-state index in [0.29, 0.717) is 17.1 Å². The van der Waals surface area contributed by atoms with Crippen LogP contribution in [0.25, 0.3) is 10.9 Å². The number of benzene rings is 2. The molecule has 6 heteroatoms. The molecule has 1 amide bonds. The van der Waals surface area contributed by atoms with Gasteiger partial charge in [-0.25, -0.2) is 4.98 Å². The van der Waals surface area contributed by atoms with E-state index in [1.165, 1.54) is 0 Å². The molecule has 4 rings (SSSR count). The predicted molar refractivity (Wildman–Crippen MR) is 120 cm³/mol. The Hall–Kier alpha value is -2.63. The molecule has 1 saturated heterocycles. The Kier molecular flexibility index (Phi) is 5.97. The largest absolute Gasteiger partial charge is 0.354 e. The summed E-state index contributed by atoms with van der Waals surface area (Å²) in [6, 6.07) is 17.8. The average Bonchev–Trinajstić information content (AvgIpc) is 2.76. The van der Waals surface area contributed by atoms with Crippen molar-refractivity contribution in [1.29, 1.82) is 0 Å². The molecule has 1 aromatic heterocycles. The fraction of sp³-hybridized carbons (Fsp3) is 0.304. The molecule has 0 saturated carbocycles. The first kappa shape index (κ1) is 19.7. The van der Waals surface area contributed by atoms with Crippen LogP contribution < -0.4 is 15.5 Å². The van der Waals surface area contributed by atoms with E-state index in [-0.39, 0.29) is 11.8 Å². The zero-order chi connectivity index (χ0) is 20.2. The smallest absolute Gasteiger partial charge is 0.227 e. The molecule has 0 aliphatic carbocycles. The zero-order valence-electron chi connectivity index (χ0n) is 16.5. The number of nitrogens with one attached hydrogen (secondary N) is 2. The Morgan fingerprint density at radius 2 is 1.90 bits per heavy atom. The molecule has 0 spiro atoms. The van der Waals surface area contributed by atoms with Gasteiger partial charge in [0.25, 0.3) is 0 Å². The number of rotatable bonds is 5. The molecule has 2 heterocycles. The second kappa shape index (κ2) is 8.80. The van der Waals surface area contributed by atoms with Crippen molar-refractivity contribution in [1.82, 2.24) is 10.3 Å². The summed E-state index contributed by atoms with van der Waals surface area (Å²) in [5.41, 5.74) is 2.60.